The van der Waals surface area contributed by atoms with Crippen molar-refractivity contribution in [1.29, 1.82) is 0 Å². The topological polar surface area (TPSA) is 84.9 Å². The van der Waals surface area contributed by atoms with Crippen molar-refractivity contribution in [2.24, 2.45) is 0 Å². The molecule has 0 radical (unpaired) electrons. The molecule has 162 valence electrons. The Bertz CT molecular complexity index is 983. The third-order valence-electron chi connectivity index (χ3n) is 5.13. The van der Waals surface area contributed by atoms with Crippen LogP contribution in [-0.4, -0.2) is 46.0 Å². The van der Waals surface area contributed by atoms with E-state index >= 15 is 0 Å². The maximum Gasteiger partial charge on any atom is 0.257 e. The van der Waals surface area contributed by atoms with E-state index in [0.717, 1.165) is 24.2 Å². The lowest BCUT2D eigenvalue weighted by atomic mass is 10.1. The number of ether oxygens (including phenoxy) is 2. The van der Waals surface area contributed by atoms with Gasteiger partial charge in [0.2, 0.25) is 10.0 Å². The smallest absolute Gasteiger partial charge is 0.257 e. The summed E-state index contributed by atoms with van der Waals surface area (Å²) in [6.45, 7) is 5.59. The number of nitrogens with zero attached hydrogens (tertiary/aromatic N) is 1. The molecule has 0 saturated carbocycles. The number of hydrogen-bond acceptors (Lipinski definition) is 5. The quantitative estimate of drug-likeness (QED) is 0.691. The van der Waals surface area contributed by atoms with Crippen LogP contribution >= 0.6 is 0 Å². The first-order valence-electron chi connectivity index (χ1n) is 10.1. The summed E-state index contributed by atoms with van der Waals surface area (Å²) in [5, 5.41) is 0. The van der Waals surface area contributed by atoms with Crippen molar-refractivity contribution in [2.75, 3.05) is 26.8 Å². The molecule has 2 aromatic rings. The predicted molar refractivity (Wildman–Crippen MR) is 114 cm³/mol. The fourth-order valence-corrected chi connectivity index (χ4v) is 4.76. The van der Waals surface area contributed by atoms with E-state index in [0.29, 0.717) is 25.4 Å². The molecule has 0 unspecified atom stereocenters. The Hall–Kier alpha value is -2.58. The molecule has 1 fully saturated rings. The number of rotatable bonds is 8. The summed E-state index contributed by atoms with van der Waals surface area (Å²) in [5.41, 5.74) is 1.07. The highest BCUT2D eigenvalue weighted by molar-refractivity contribution is 7.89. The van der Waals surface area contributed by atoms with Crippen LogP contribution in [0.1, 0.15) is 48.7 Å². The molecule has 0 bridgehead atoms. The summed E-state index contributed by atoms with van der Waals surface area (Å²) in [6, 6.07) is 11.2. The Kier molecular flexibility index (Phi) is 6.99. The van der Waals surface area contributed by atoms with Gasteiger partial charge < -0.3 is 14.4 Å². The standard InChI is InChI=1S/C22H28N2O5S/c1-4-29-18-9-7-17(8-10-18)16(2)23-30(26,27)19-11-12-21(28-3)20(15-19)22(25)24-13-5-6-14-24/h7-12,15-16,23H,4-6,13-14H2,1-3H3/t16-/m0/s1. The fourth-order valence-electron chi connectivity index (χ4n) is 3.50. The minimum absolute atomic E-state index is 0.0311. The van der Waals surface area contributed by atoms with Gasteiger partial charge in [-0.25, -0.2) is 13.1 Å². The molecule has 1 atom stereocenters. The number of methoxy groups -OCH3 is 1. The van der Waals surface area contributed by atoms with Gasteiger partial charge in [-0.15, -0.1) is 0 Å². The van der Waals surface area contributed by atoms with E-state index in [-0.39, 0.29) is 16.4 Å². The summed E-state index contributed by atoms with van der Waals surface area (Å²) in [7, 11) is -2.37. The van der Waals surface area contributed by atoms with E-state index in [1.54, 1.807) is 11.8 Å². The molecule has 1 heterocycles. The molecule has 2 aromatic carbocycles. The van der Waals surface area contributed by atoms with Crippen LogP contribution in [-0.2, 0) is 10.0 Å². The minimum Gasteiger partial charge on any atom is -0.496 e. The molecule has 8 heteroatoms. The van der Waals surface area contributed by atoms with Crippen molar-refractivity contribution in [1.82, 2.24) is 9.62 Å². The van der Waals surface area contributed by atoms with Crippen LogP contribution in [0.15, 0.2) is 47.4 Å². The lowest BCUT2D eigenvalue weighted by molar-refractivity contribution is 0.0789. The number of nitrogens with one attached hydrogen (secondary N) is 1. The fraction of sp³-hybridized carbons (Fsp3) is 0.409. The van der Waals surface area contributed by atoms with Crippen molar-refractivity contribution in [3.8, 4) is 11.5 Å². The predicted octanol–water partition coefficient (Wildman–Crippen LogP) is 3.37. The number of sulfonamides is 1. The Labute approximate surface area is 178 Å². The first kappa shape index (κ1) is 22.1. The molecule has 30 heavy (non-hydrogen) atoms. The zero-order chi connectivity index (χ0) is 21.7. The summed E-state index contributed by atoms with van der Waals surface area (Å²) in [5.74, 6) is 0.892. The number of likely N-dealkylation sites (tertiary alicyclic amines) is 1. The van der Waals surface area contributed by atoms with Gasteiger partial charge in [0.05, 0.1) is 24.2 Å². The third-order valence-corrected chi connectivity index (χ3v) is 6.67. The molecule has 1 saturated heterocycles. The summed E-state index contributed by atoms with van der Waals surface area (Å²) < 4.78 is 39.4. The van der Waals surface area contributed by atoms with E-state index in [4.69, 9.17) is 9.47 Å². The molecular formula is C22H28N2O5S. The number of carbonyl (C=O) groups is 1. The number of amides is 1. The molecule has 1 aliphatic heterocycles. The normalized spacial score (nSPS) is 15.1. The molecular weight excluding hydrogens is 404 g/mol. The molecule has 1 amide bonds. The second-order valence-electron chi connectivity index (χ2n) is 7.21. The molecule has 3 rings (SSSR count). The highest BCUT2D eigenvalue weighted by Crippen LogP contribution is 2.27. The van der Waals surface area contributed by atoms with Crippen LogP contribution in [0.25, 0.3) is 0 Å². The van der Waals surface area contributed by atoms with Gasteiger partial charge in [-0.2, -0.15) is 0 Å². The van der Waals surface area contributed by atoms with Gasteiger partial charge in [-0.05, 0) is 62.6 Å². The summed E-state index contributed by atoms with van der Waals surface area (Å²) in [4.78, 5) is 14.6. The van der Waals surface area contributed by atoms with Crippen LogP contribution in [0.5, 0.6) is 11.5 Å². The number of carbonyl (C=O) groups excluding carboxylic acids is 1. The average molecular weight is 433 g/mol. The third kappa shape index (κ3) is 4.94. The maximum atomic E-state index is 13.0. The van der Waals surface area contributed by atoms with Gasteiger partial charge in [0.25, 0.3) is 5.91 Å². The minimum atomic E-state index is -3.84. The molecule has 1 N–H and O–H groups in total. The largest absolute Gasteiger partial charge is 0.496 e. The Morgan fingerprint density at radius 1 is 1.13 bits per heavy atom. The highest BCUT2D eigenvalue weighted by atomic mass is 32.2. The van der Waals surface area contributed by atoms with Crippen molar-refractivity contribution < 1.29 is 22.7 Å². The van der Waals surface area contributed by atoms with E-state index in [1.165, 1.54) is 25.3 Å². The van der Waals surface area contributed by atoms with Gasteiger partial charge >= 0.3 is 0 Å². The van der Waals surface area contributed by atoms with Gasteiger partial charge in [-0.1, -0.05) is 12.1 Å². The van der Waals surface area contributed by atoms with Crippen molar-refractivity contribution in [2.45, 2.75) is 37.6 Å². The first-order chi connectivity index (χ1) is 14.4. The van der Waals surface area contributed by atoms with Gasteiger partial charge in [-0.3, -0.25) is 4.79 Å². The van der Waals surface area contributed by atoms with Crippen LogP contribution in [0.2, 0.25) is 0 Å². The Morgan fingerprint density at radius 3 is 2.40 bits per heavy atom. The van der Waals surface area contributed by atoms with Crippen molar-refractivity contribution in [3.63, 3.8) is 0 Å². The SMILES string of the molecule is CCOc1ccc([C@H](C)NS(=O)(=O)c2ccc(OC)c(C(=O)N3CCCC3)c2)cc1. The molecule has 0 spiro atoms. The van der Waals surface area contributed by atoms with Crippen molar-refractivity contribution in [3.05, 3.63) is 53.6 Å². The number of hydrogen-bond donors (Lipinski definition) is 1. The molecule has 7 nitrogen and oxygen atoms in total. The second kappa shape index (κ2) is 9.49. The lowest BCUT2D eigenvalue weighted by Crippen LogP contribution is -2.29. The lowest BCUT2D eigenvalue weighted by Gasteiger charge is -2.19. The summed E-state index contributed by atoms with van der Waals surface area (Å²) in [6.07, 6.45) is 1.90. The number of benzene rings is 2. The summed E-state index contributed by atoms with van der Waals surface area (Å²) >= 11 is 0. The maximum absolute atomic E-state index is 13.0. The average Bonchev–Trinajstić information content (AvgIpc) is 3.28. The van der Waals surface area contributed by atoms with Crippen LogP contribution < -0.4 is 14.2 Å². The van der Waals surface area contributed by atoms with Gasteiger partial charge in [0, 0.05) is 19.1 Å². The second-order valence-corrected chi connectivity index (χ2v) is 8.92. The van der Waals surface area contributed by atoms with E-state index in [1.807, 2.05) is 31.2 Å². The van der Waals surface area contributed by atoms with Gasteiger partial charge in [0.1, 0.15) is 11.5 Å². The van der Waals surface area contributed by atoms with Crippen LogP contribution in [0, 0.1) is 0 Å². The van der Waals surface area contributed by atoms with Crippen molar-refractivity contribution >= 4 is 15.9 Å². The van der Waals surface area contributed by atoms with Gasteiger partial charge in [0.15, 0.2) is 0 Å². The van der Waals surface area contributed by atoms with Crippen LogP contribution in [0.3, 0.4) is 0 Å². The monoisotopic (exact) mass is 432 g/mol. The highest BCUT2D eigenvalue weighted by Gasteiger charge is 2.26. The molecule has 0 aromatic heterocycles. The van der Waals surface area contributed by atoms with Crippen LogP contribution in [0.4, 0.5) is 0 Å². The molecule has 1 aliphatic rings. The zero-order valence-electron chi connectivity index (χ0n) is 17.6. The van der Waals surface area contributed by atoms with E-state index in [9.17, 15) is 13.2 Å². The zero-order valence-corrected chi connectivity index (χ0v) is 18.4. The first-order valence-corrected chi connectivity index (χ1v) is 11.6. The molecule has 0 aliphatic carbocycles. The Morgan fingerprint density at radius 2 is 1.80 bits per heavy atom. The van der Waals surface area contributed by atoms with E-state index < -0.39 is 16.1 Å². The Balaban J connectivity index is 1.82. The van der Waals surface area contributed by atoms with E-state index in [2.05, 4.69) is 4.72 Å².